The summed E-state index contributed by atoms with van der Waals surface area (Å²) < 4.78 is 0. The van der Waals surface area contributed by atoms with Crippen LogP contribution in [0.25, 0.3) is 0 Å². The Morgan fingerprint density at radius 2 is 1.94 bits per heavy atom. The van der Waals surface area contributed by atoms with Crippen molar-refractivity contribution >= 4 is 5.78 Å². The van der Waals surface area contributed by atoms with Gasteiger partial charge >= 0.3 is 0 Å². The van der Waals surface area contributed by atoms with Gasteiger partial charge in [0.15, 0.2) is 5.78 Å². The van der Waals surface area contributed by atoms with E-state index in [1.165, 1.54) is 6.92 Å². The zero-order valence-corrected chi connectivity index (χ0v) is 10.2. The molecular weight excluding hydrogens is 218 g/mol. The highest BCUT2D eigenvalue weighted by Crippen LogP contribution is 2.35. The van der Waals surface area contributed by atoms with Gasteiger partial charge in [-0.1, -0.05) is 12.8 Å². The van der Waals surface area contributed by atoms with Crippen molar-refractivity contribution in [2.75, 3.05) is 0 Å². The number of nitrogens with one attached hydrogen (secondary N) is 1. The van der Waals surface area contributed by atoms with Crippen LogP contribution in [0.2, 0.25) is 0 Å². The van der Waals surface area contributed by atoms with Crippen LogP contribution in [0.15, 0.2) is 4.79 Å². The SMILES string of the molecule is CC(=O)c1c(O)[nH]c(=O)c(C2CCCC2)c1C. The summed E-state index contributed by atoms with van der Waals surface area (Å²) in [6, 6.07) is 0. The van der Waals surface area contributed by atoms with Crippen LogP contribution in [-0.2, 0) is 0 Å². The Bertz CT molecular complexity index is 510. The van der Waals surface area contributed by atoms with Crippen LogP contribution in [0.5, 0.6) is 5.88 Å². The number of hydrogen-bond donors (Lipinski definition) is 2. The Balaban J connectivity index is 2.62. The molecule has 0 saturated heterocycles. The number of hydrogen-bond acceptors (Lipinski definition) is 3. The van der Waals surface area contributed by atoms with Crippen molar-refractivity contribution in [2.45, 2.75) is 45.4 Å². The summed E-state index contributed by atoms with van der Waals surface area (Å²) in [5.41, 5.74) is 1.33. The third kappa shape index (κ3) is 1.99. The summed E-state index contributed by atoms with van der Waals surface area (Å²) in [6.07, 6.45) is 4.23. The van der Waals surface area contributed by atoms with Crippen LogP contribution >= 0.6 is 0 Å². The molecule has 1 aromatic heterocycles. The molecule has 0 spiro atoms. The fraction of sp³-hybridized carbons (Fsp3) is 0.538. The zero-order chi connectivity index (χ0) is 12.6. The highest BCUT2D eigenvalue weighted by Gasteiger charge is 2.25. The van der Waals surface area contributed by atoms with Crippen LogP contribution < -0.4 is 5.56 Å². The minimum absolute atomic E-state index is 0.213. The largest absolute Gasteiger partial charge is 0.494 e. The van der Waals surface area contributed by atoms with Crippen molar-refractivity contribution in [3.63, 3.8) is 0 Å². The molecular formula is C13H17NO3. The molecule has 2 rings (SSSR count). The first-order valence-electron chi connectivity index (χ1n) is 5.99. The van der Waals surface area contributed by atoms with Gasteiger partial charge in [0.25, 0.3) is 5.56 Å². The molecule has 2 N–H and O–H groups in total. The van der Waals surface area contributed by atoms with E-state index >= 15 is 0 Å². The van der Waals surface area contributed by atoms with E-state index in [0.717, 1.165) is 25.7 Å². The topological polar surface area (TPSA) is 70.2 Å². The normalized spacial score (nSPS) is 16.4. The van der Waals surface area contributed by atoms with Crippen LogP contribution in [0.4, 0.5) is 0 Å². The van der Waals surface area contributed by atoms with Crippen molar-refractivity contribution in [3.05, 3.63) is 27.0 Å². The second-order valence-electron chi connectivity index (χ2n) is 4.75. The Hall–Kier alpha value is -1.58. The quantitative estimate of drug-likeness (QED) is 0.772. The number of carbonyl (C=O) groups is 1. The summed E-state index contributed by atoms with van der Waals surface area (Å²) in [6.45, 7) is 3.15. The molecule has 1 heterocycles. The van der Waals surface area contributed by atoms with E-state index in [0.29, 0.717) is 11.1 Å². The second-order valence-corrected chi connectivity index (χ2v) is 4.75. The van der Waals surface area contributed by atoms with E-state index in [-0.39, 0.29) is 28.7 Å². The third-order valence-electron chi connectivity index (χ3n) is 3.61. The monoisotopic (exact) mass is 235 g/mol. The van der Waals surface area contributed by atoms with Gasteiger partial charge in [-0.25, -0.2) is 0 Å². The molecule has 4 nitrogen and oxygen atoms in total. The van der Waals surface area contributed by atoms with Gasteiger partial charge in [0.05, 0.1) is 5.56 Å². The van der Waals surface area contributed by atoms with Crippen LogP contribution in [0.3, 0.4) is 0 Å². The highest BCUT2D eigenvalue weighted by molar-refractivity contribution is 5.97. The summed E-state index contributed by atoms with van der Waals surface area (Å²) in [7, 11) is 0. The Kier molecular flexibility index (Phi) is 3.05. The lowest BCUT2D eigenvalue weighted by Gasteiger charge is -2.15. The van der Waals surface area contributed by atoms with Crippen molar-refractivity contribution in [1.29, 1.82) is 0 Å². The van der Waals surface area contributed by atoms with Crippen LogP contribution in [0, 0.1) is 6.92 Å². The Labute approximate surface area is 99.7 Å². The molecule has 1 fully saturated rings. The molecule has 0 radical (unpaired) electrons. The second kappa shape index (κ2) is 4.35. The fourth-order valence-corrected chi connectivity index (χ4v) is 2.86. The molecule has 0 bridgehead atoms. The molecule has 4 heteroatoms. The number of H-pyrrole nitrogens is 1. The zero-order valence-electron chi connectivity index (χ0n) is 10.2. The molecule has 0 unspecified atom stereocenters. The average molecular weight is 235 g/mol. The molecule has 1 aliphatic rings. The number of ketones is 1. The molecule has 1 saturated carbocycles. The molecule has 17 heavy (non-hydrogen) atoms. The number of pyridine rings is 1. The third-order valence-corrected chi connectivity index (χ3v) is 3.61. The standard InChI is InChI=1S/C13H17NO3/c1-7-10(8(2)15)12(16)14-13(17)11(7)9-5-3-4-6-9/h9H,3-6H2,1-2H3,(H2,14,16,17). The number of carbonyl (C=O) groups excluding carboxylic acids is 1. The number of aromatic amines is 1. The van der Waals surface area contributed by atoms with Gasteiger partial charge in [0.1, 0.15) is 0 Å². The predicted molar refractivity (Wildman–Crippen MR) is 64.7 cm³/mol. The van der Waals surface area contributed by atoms with Crippen molar-refractivity contribution < 1.29 is 9.90 Å². The van der Waals surface area contributed by atoms with E-state index < -0.39 is 0 Å². The summed E-state index contributed by atoms with van der Waals surface area (Å²) in [5, 5.41) is 9.63. The molecule has 0 aromatic carbocycles. The molecule has 0 amide bonds. The maximum Gasteiger partial charge on any atom is 0.254 e. The van der Waals surface area contributed by atoms with Gasteiger partial charge in [-0.2, -0.15) is 0 Å². The fourth-order valence-electron chi connectivity index (χ4n) is 2.86. The van der Waals surface area contributed by atoms with E-state index in [2.05, 4.69) is 4.98 Å². The molecule has 0 aliphatic heterocycles. The van der Waals surface area contributed by atoms with Gasteiger partial charge in [0.2, 0.25) is 5.88 Å². The van der Waals surface area contributed by atoms with Crippen molar-refractivity contribution in [2.24, 2.45) is 0 Å². The molecule has 92 valence electrons. The Morgan fingerprint density at radius 1 is 1.35 bits per heavy atom. The molecule has 1 aromatic rings. The van der Waals surface area contributed by atoms with Crippen LogP contribution in [0.1, 0.15) is 60.0 Å². The minimum atomic E-state index is -0.304. The van der Waals surface area contributed by atoms with E-state index in [1.807, 2.05) is 0 Å². The summed E-state index contributed by atoms with van der Waals surface area (Å²) >= 11 is 0. The minimum Gasteiger partial charge on any atom is -0.494 e. The predicted octanol–water partition coefficient (Wildman–Crippen LogP) is 2.25. The first-order chi connectivity index (χ1) is 8.02. The average Bonchev–Trinajstić information content (AvgIpc) is 2.69. The smallest absolute Gasteiger partial charge is 0.254 e. The maximum absolute atomic E-state index is 11.9. The van der Waals surface area contributed by atoms with E-state index in [4.69, 9.17) is 0 Å². The Morgan fingerprint density at radius 3 is 2.47 bits per heavy atom. The lowest BCUT2D eigenvalue weighted by molar-refractivity contribution is 0.101. The van der Waals surface area contributed by atoms with Crippen molar-refractivity contribution in [3.8, 4) is 5.88 Å². The lowest BCUT2D eigenvalue weighted by Crippen LogP contribution is -2.20. The van der Waals surface area contributed by atoms with Crippen molar-refractivity contribution in [1.82, 2.24) is 4.98 Å². The lowest BCUT2D eigenvalue weighted by atomic mass is 9.91. The maximum atomic E-state index is 11.9. The van der Waals surface area contributed by atoms with Gasteiger partial charge < -0.3 is 5.11 Å². The number of aromatic nitrogens is 1. The molecule has 1 aliphatic carbocycles. The molecule has 0 atom stereocenters. The first kappa shape index (κ1) is 11.9. The highest BCUT2D eigenvalue weighted by atomic mass is 16.3. The summed E-state index contributed by atoms with van der Waals surface area (Å²) in [4.78, 5) is 25.8. The van der Waals surface area contributed by atoms with Gasteiger partial charge in [0, 0.05) is 5.56 Å². The number of rotatable bonds is 2. The van der Waals surface area contributed by atoms with Gasteiger partial charge in [-0.3, -0.25) is 14.6 Å². The van der Waals surface area contributed by atoms with Gasteiger partial charge in [-0.05, 0) is 38.2 Å². The number of aromatic hydroxyl groups is 1. The van der Waals surface area contributed by atoms with Gasteiger partial charge in [-0.15, -0.1) is 0 Å². The summed E-state index contributed by atoms with van der Waals surface area (Å²) in [5.74, 6) is -0.283. The van der Waals surface area contributed by atoms with E-state index in [1.54, 1.807) is 6.92 Å². The van der Waals surface area contributed by atoms with Crippen LogP contribution in [-0.4, -0.2) is 15.9 Å². The van der Waals surface area contributed by atoms with E-state index in [9.17, 15) is 14.7 Å². The first-order valence-corrected chi connectivity index (χ1v) is 5.99. The number of Topliss-reactive ketones (excluding diaryl/α,β-unsaturated/α-hetero) is 1.